The molecule has 2 amide bonds. The third-order valence-corrected chi connectivity index (χ3v) is 4.36. The number of amides is 2. The number of benzene rings is 1. The second-order valence-corrected chi connectivity index (χ2v) is 7.89. The van der Waals surface area contributed by atoms with E-state index in [0.29, 0.717) is 0 Å². The highest BCUT2D eigenvalue weighted by molar-refractivity contribution is 9.10. The van der Waals surface area contributed by atoms with Gasteiger partial charge in [-0.3, -0.25) is 4.79 Å². The number of likely N-dealkylation sites (tertiary alicyclic amines) is 1. The molecule has 1 N–H and O–H groups in total. The number of alkyl carbamates (subject to hydrolysis) is 1. The predicted octanol–water partition coefficient (Wildman–Crippen LogP) is 4.03. The van der Waals surface area contributed by atoms with E-state index in [1.54, 1.807) is 0 Å². The van der Waals surface area contributed by atoms with E-state index in [4.69, 9.17) is 4.74 Å². The first-order valence-electron chi connectivity index (χ1n) is 8.28. The fourth-order valence-corrected chi connectivity index (χ4v) is 3.09. The Morgan fingerprint density at radius 1 is 1.29 bits per heavy atom. The fraction of sp³-hybridized carbons (Fsp3) is 0.556. The molecule has 132 valence electrons. The molecule has 1 fully saturated rings. The van der Waals surface area contributed by atoms with Crippen molar-refractivity contribution in [2.75, 3.05) is 13.1 Å². The van der Waals surface area contributed by atoms with Crippen LogP contribution in [0.2, 0.25) is 0 Å². The molecule has 0 saturated carbocycles. The van der Waals surface area contributed by atoms with Gasteiger partial charge >= 0.3 is 6.09 Å². The Kier molecular flexibility index (Phi) is 6.27. The Balaban J connectivity index is 1.85. The molecule has 1 aliphatic heterocycles. The van der Waals surface area contributed by atoms with E-state index in [-0.39, 0.29) is 24.9 Å². The van der Waals surface area contributed by atoms with Gasteiger partial charge in [-0.05, 0) is 51.3 Å². The van der Waals surface area contributed by atoms with E-state index in [1.807, 2.05) is 37.8 Å². The molecule has 1 aliphatic rings. The summed E-state index contributed by atoms with van der Waals surface area (Å²) in [5.41, 5.74) is 0.625. The Hall–Kier alpha value is -1.56. The molecule has 1 aromatic carbocycles. The van der Waals surface area contributed by atoms with Crippen molar-refractivity contribution < 1.29 is 14.3 Å². The molecule has 0 unspecified atom stereocenters. The van der Waals surface area contributed by atoms with Gasteiger partial charge in [0.25, 0.3) is 0 Å². The molecular formula is C18H25BrN2O3. The summed E-state index contributed by atoms with van der Waals surface area (Å²) in [5, 5.41) is 2.64. The van der Waals surface area contributed by atoms with Gasteiger partial charge in [-0.15, -0.1) is 0 Å². The van der Waals surface area contributed by atoms with Crippen molar-refractivity contribution in [1.29, 1.82) is 0 Å². The predicted molar refractivity (Wildman–Crippen MR) is 96.7 cm³/mol. The first-order chi connectivity index (χ1) is 11.3. The molecule has 1 heterocycles. The summed E-state index contributed by atoms with van der Waals surface area (Å²) in [6, 6.07) is 8.24. The summed E-state index contributed by atoms with van der Waals surface area (Å²) < 4.78 is 6.20. The topological polar surface area (TPSA) is 58.6 Å². The number of hydrogen-bond acceptors (Lipinski definition) is 3. The summed E-state index contributed by atoms with van der Waals surface area (Å²) in [6.45, 7) is 6.49. The monoisotopic (exact) mass is 396 g/mol. The number of nitrogens with zero attached hydrogens (tertiary/aromatic N) is 1. The van der Waals surface area contributed by atoms with Gasteiger partial charge in [0.05, 0.1) is 6.04 Å². The van der Waals surface area contributed by atoms with Gasteiger partial charge in [-0.25, -0.2) is 4.79 Å². The normalized spacial score (nSPS) is 17.7. The van der Waals surface area contributed by atoms with Crippen molar-refractivity contribution in [2.45, 2.75) is 51.7 Å². The third-order valence-electron chi connectivity index (χ3n) is 3.84. The van der Waals surface area contributed by atoms with Gasteiger partial charge < -0.3 is 15.0 Å². The summed E-state index contributed by atoms with van der Waals surface area (Å²) in [7, 11) is 0. The van der Waals surface area contributed by atoms with E-state index < -0.39 is 11.7 Å². The Morgan fingerprint density at radius 3 is 2.58 bits per heavy atom. The van der Waals surface area contributed by atoms with Crippen molar-refractivity contribution >= 4 is 27.9 Å². The first kappa shape index (κ1) is 18.8. The molecule has 2 rings (SSSR count). The first-order valence-corrected chi connectivity index (χ1v) is 9.07. The van der Waals surface area contributed by atoms with E-state index in [9.17, 15) is 9.59 Å². The van der Waals surface area contributed by atoms with Crippen LogP contribution in [0.5, 0.6) is 0 Å². The van der Waals surface area contributed by atoms with E-state index in [2.05, 4.69) is 33.4 Å². The molecule has 1 atom stereocenters. The van der Waals surface area contributed by atoms with Gasteiger partial charge in [0.1, 0.15) is 5.60 Å². The lowest BCUT2D eigenvalue weighted by Gasteiger charge is -2.25. The van der Waals surface area contributed by atoms with Gasteiger partial charge in [-0.1, -0.05) is 28.1 Å². The fourth-order valence-electron chi connectivity index (χ4n) is 2.83. The van der Waals surface area contributed by atoms with Crippen molar-refractivity contribution in [3.8, 4) is 0 Å². The maximum Gasteiger partial charge on any atom is 0.407 e. The van der Waals surface area contributed by atoms with Gasteiger partial charge in [-0.2, -0.15) is 0 Å². The van der Waals surface area contributed by atoms with Crippen LogP contribution in [0, 0.1) is 0 Å². The Labute approximate surface area is 151 Å². The van der Waals surface area contributed by atoms with Crippen LogP contribution < -0.4 is 5.32 Å². The lowest BCUT2D eigenvalue weighted by Crippen LogP contribution is -2.36. The van der Waals surface area contributed by atoms with Crippen LogP contribution in [0.15, 0.2) is 28.7 Å². The number of ether oxygens (including phenoxy) is 1. The zero-order valence-corrected chi connectivity index (χ0v) is 16.1. The smallest absolute Gasteiger partial charge is 0.407 e. The highest BCUT2D eigenvalue weighted by atomic mass is 79.9. The highest BCUT2D eigenvalue weighted by Gasteiger charge is 2.29. The van der Waals surface area contributed by atoms with Crippen LogP contribution in [0.4, 0.5) is 4.79 Å². The van der Waals surface area contributed by atoms with Crippen LogP contribution >= 0.6 is 15.9 Å². The zero-order chi connectivity index (χ0) is 17.7. The molecule has 24 heavy (non-hydrogen) atoms. The average molecular weight is 397 g/mol. The van der Waals surface area contributed by atoms with Crippen LogP contribution in [-0.4, -0.2) is 35.6 Å². The number of hydrogen-bond donors (Lipinski definition) is 1. The second kappa shape index (κ2) is 8.01. The molecule has 0 aromatic heterocycles. The maximum absolute atomic E-state index is 12.5. The van der Waals surface area contributed by atoms with Gasteiger partial charge in [0.2, 0.25) is 5.91 Å². The summed E-state index contributed by atoms with van der Waals surface area (Å²) in [4.78, 5) is 26.0. The standard InChI is InChI=1S/C18H25BrN2O3/c1-18(2,3)24-17(23)20-11-10-16(22)21-12-4-5-15(21)13-6-8-14(19)9-7-13/h6-9,15H,4-5,10-12H2,1-3H3,(H,20,23)/t15-/m0/s1. The SMILES string of the molecule is CC(C)(C)OC(=O)NCCC(=O)N1CCC[C@H]1c1ccc(Br)cc1. The minimum absolute atomic E-state index is 0.0662. The lowest BCUT2D eigenvalue weighted by atomic mass is 10.0. The number of nitrogens with one attached hydrogen (secondary N) is 1. The molecule has 0 aliphatic carbocycles. The van der Waals surface area contributed by atoms with Crippen molar-refractivity contribution in [2.24, 2.45) is 0 Å². The van der Waals surface area contributed by atoms with E-state index in [1.165, 1.54) is 0 Å². The number of halogens is 1. The molecule has 1 aromatic rings. The van der Waals surface area contributed by atoms with Crippen LogP contribution in [0.1, 0.15) is 51.6 Å². The largest absolute Gasteiger partial charge is 0.444 e. The highest BCUT2D eigenvalue weighted by Crippen LogP contribution is 2.32. The van der Waals surface area contributed by atoms with Crippen LogP contribution in [0.3, 0.4) is 0 Å². The molecular weight excluding hydrogens is 372 g/mol. The molecule has 5 nitrogen and oxygen atoms in total. The maximum atomic E-state index is 12.5. The van der Waals surface area contributed by atoms with Gasteiger partial charge in [0.15, 0.2) is 0 Å². The number of carbonyl (C=O) groups is 2. The third kappa shape index (κ3) is 5.51. The van der Waals surface area contributed by atoms with Gasteiger partial charge in [0, 0.05) is 24.0 Å². The van der Waals surface area contributed by atoms with Crippen molar-refractivity contribution in [3.05, 3.63) is 34.3 Å². The Bertz CT molecular complexity index is 581. The van der Waals surface area contributed by atoms with Crippen molar-refractivity contribution in [1.82, 2.24) is 10.2 Å². The molecule has 1 saturated heterocycles. The van der Waals surface area contributed by atoms with Crippen LogP contribution in [-0.2, 0) is 9.53 Å². The number of rotatable bonds is 4. The van der Waals surface area contributed by atoms with Crippen molar-refractivity contribution in [3.63, 3.8) is 0 Å². The molecule has 0 spiro atoms. The summed E-state index contributed by atoms with van der Waals surface area (Å²) in [6.07, 6.45) is 1.78. The van der Waals surface area contributed by atoms with E-state index in [0.717, 1.165) is 29.4 Å². The molecule has 0 bridgehead atoms. The minimum Gasteiger partial charge on any atom is -0.444 e. The molecule has 6 heteroatoms. The zero-order valence-electron chi connectivity index (χ0n) is 14.5. The minimum atomic E-state index is -0.532. The quantitative estimate of drug-likeness (QED) is 0.835. The summed E-state index contributed by atoms with van der Waals surface area (Å²) >= 11 is 3.43. The Morgan fingerprint density at radius 2 is 1.96 bits per heavy atom. The number of carbonyl (C=O) groups excluding carboxylic acids is 2. The molecule has 0 radical (unpaired) electrons. The van der Waals surface area contributed by atoms with Crippen LogP contribution in [0.25, 0.3) is 0 Å². The summed E-state index contributed by atoms with van der Waals surface area (Å²) in [5.74, 6) is 0.0662. The lowest BCUT2D eigenvalue weighted by molar-refractivity contribution is -0.132. The second-order valence-electron chi connectivity index (χ2n) is 6.98. The van der Waals surface area contributed by atoms with E-state index >= 15 is 0 Å². The average Bonchev–Trinajstić information content (AvgIpc) is 2.95.